The van der Waals surface area contributed by atoms with Crippen LogP contribution in [-0.2, 0) is 9.53 Å². The fraction of sp³-hybridized carbons (Fsp3) is 0.667. The number of nitrogens with zero attached hydrogens (tertiary/aromatic N) is 3. The van der Waals surface area contributed by atoms with Crippen LogP contribution < -0.4 is 4.72 Å². The summed E-state index contributed by atoms with van der Waals surface area (Å²) in [6, 6.07) is 0.278. The van der Waals surface area contributed by atoms with E-state index in [9.17, 15) is 4.79 Å². The second-order valence-electron chi connectivity index (χ2n) is 6.63. The maximum Gasteiger partial charge on any atom is 0.337 e. The van der Waals surface area contributed by atoms with E-state index < -0.39 is 0 Å². The normalized spacial score (nSPS) is 17.7. The molecule has 0 radical (unpaired) electrons. The average Bonchev–Trinajstić information content (AvgIpc) is 3.38. The Morgan fingerprint density at radius 3 is 2.62 bits per heavy atom. The summed E-state index contributed by atoms with van der Waals surface area (Å²) in [4.78, 5) is 23.4. The number of aliphatic imine (C=N–C) groups is 1. The largest absolute Gasteiger partial charge is 0.463 e. The summed E-state index contributed by atoms with van der Waals surface area (Å²) in [7, 11) is 0. The molecule has 164 valence electrons. The van der Waals surface area contributed by atoms with E-state index in [4.69, 9.17) is 4.74 Å². The molecule has 1 aromatic rings. The number of ether oxygens (including phenoxy) is 1. The van der Waals surface area contributed by atoms with Crippen LogP contribution in [0.2, 0.25) is 0 Å². The molecule has 1 fully saturated rings. The molecule has 29 heavy (non-hydrogen) atoms. The first kappa shape index (κ1) is 25.7. The van der Waals surface area contributed by atoms with E-state index in [-0.39, 0.29) is 12.0 Å². The Labute approximate surface area is 184 Å². The molecule has 0 aromatic carbocycles. The molecule has 1 atom stereocenters. The topological polar surface area (TPSA) is 66.8 Å². The van der Waals surface area contributed by atoms with Gasteiger partial charge in [-0.2, -0.15) is 0 Å². The van der Waals surface area contributed by atoms with Gasteiger partial charge in [-0.3, -0.25) is 9.71 Å². The highest BCUT2D eigenvalue weighted by molar-refractivity contribution is 7.98. The summed E-state index contributed by atoms with van der Waals surface area (Å²) in [6.45, 7) is 15.9. The number of carbonyl (C=O) groups excluding carboxylic acids is 1. The van der Waals surface area contributed by atoms with Crippen molar-refractivity contribution in [3.05, 3.63) is 27.9 Å². The van der Waals surface area contributed by atoms with Gasteiger partial charge in [0.15, 0.2) is 10.8 Å². The first-order valence-electron chi connectivity index (χ1n) is 10.5. The van der Waals surface area contributed by atoms with Gasteiger partial charge in [0.2, 0.25) is 0 Å². The molecule has 1 N–H and O–H groups in total. The van der Waals surface area contributed by atoms with Crippen molar-refractivity contribution in [3.8, 4) is 0 Å². The molecular weight excluding hydrogens is 404 g/mol. The molecule has 2 aliphatic rings. The van der Waals surface area contributed by atoms with E-state index >= 15 is 0 Å². The first-order valence-corrected chi connectivity index (χ1v) is 12.3. The van der Waals surface area contributed by atoms with E-state index in [0.717, 1.165) is 29.5 Å². The Hall–Kier alpha value is -1.38. The SMILES string of the molecule is CC.CCC.CCOC(=O)C1=C2CC(NSC(C)C)CN2C(c2nccs2)=NC1. The van der Waals surface area contributed by atoms with E-state index in [2.05, 4.69) is 47.3 Å². The first-order chi connectivity index (χ1) is 14.0. The lowest BCUT2D eigenvalue weighted by Crippen LogP contribution is -2.36. The minimum absolute atomic E-state index is 0.253. The third-order valence-corrected chi connectivity index (χ3v) is 5.49. The van der Waals surface area contributed by atoms with Crippen LogP contribution in [0.4, 0.5) is 0 Å². The lowest BCUT2D eigenvalue weighted by molar-refractivity contribution is -0.138. The summed E-state index contributed by atoms with van der Waals surface area (Å²) < 4.78 is 8.73. The summed E-state index contributed by atoms with van der Waals surface area (Å²) >= 11 is 3.29. The van der Waals surface area contributed by atoms with Gasteiger partial charge in [-0.25, -0.2) is 9.78 Å². The highest BCUT2D eigenvalue weighted by Gasteiger charge is 2.37. The maximum absolute atomic E-state index is 12.3. The summed E-state index contributed by atoms with van der Waals surface area (Å²) in [6.07, 6.45) is 3.84. The van der Waals surface area contributed by atoms with Crippen molar-refractivity contribution in [2.75, 3.05) is 19.7 Å². The standard InChI is InChI=1S/C16H22N4O2S2.C3H8.C2H6/c1-4-22-16(21)12-8-18-14(15-17-5-6-23-15)20-9-11(7-13(12)20)19-24-10(2)3;1-3-2;1-2/h5-6,10-11,19H,4,7-9H2,1-3H3;3H2,1-2H3;1-2H3. The number of amidine groups is 1. The molecule has 1 aromatic heterocycles. The highest BCUT2D eigenvalue weighted by atomic mass is 32.2. The van der Waals surface area contributed by atoms with E-state index in [1.807, 2.05) is 26.2 Å². The van der Waals surface area contributed by atoms with Crippen LogP contribution >= 0.6 is 23.3 Å². The quantitative estimate of drug-likeness (QED) is 0.502. The zero-order chi connectivity index (χ0) is 21.8. The van der Waals surface area contributed by atoms with Gasteiger partial charge in [0.1, 0.15) is 0 Å². The molecule has 0 amide bonds. The Balaban J connectivity index is 0.000000771. The summed E-state index contributed by atoms with van der Waals surface area (Å²) in [5, 5.41) is 3.35. The number of thiazole rings is 1. The molecule has 0 aliphatic carbocycles. The van der Waals surface area contributed by atoms with E-state index in [1.54, 1.807) is 29.5 Å². The van der Waals surface area contributed by atoms with Gasteiger partial charge in [0, 0.05) is 41.5 Å². The highest BCUT2D eigenvalue weighted by Crippen LogP contribution is 2.32. The zero-order valence-electron chi connectivity index (χ0n) is 18.8. The second-order valence-corrected chi connectivity index (χ2v) is 8.93. The molecule has 3 rings (SSSR count). The van der Waals surface area contributed by atoms with Crippen LogP contribution in [0.25, 0.3) is 0 Å². The number of hydrogen-bond donors (Lipinski definition) is 1. The van der Waals surface area contributed by atoms with Crippen molar-refractivity contribution in [2.24, 2.45) is 4.99 Å². The second kappa shape index (κ2) is 13.8. The predicted molar refractivity (Wildman–Crippen MR) is 125 cm³/mol. The molecule has 0 saturated carbocycles. The minimum Gasteiger partial charge on any atom is -0.463 e. The Morgan fingerprint density at radius 2 is 2.07 bits per heavy atom. The van der Waals surface area contributed by atoms with Crippen molar-refractivity contribution in [1.82, 2.24) is 14.6 Å². The van der Waals surface area contributed by atoms with Gasteiger partial charge in [0.25, 0.3) is 0 Å². The van der Waals surface area contributed by atoms with Gasteiger partial charge >= 0.3 is 5.97 Å². The van der Waals surface area contributed by atoms with Gasteiger partial charge in [-0.1, -0.05) is 59.9 Å². The van der Waals surface area contributed by atoms with E-state index in [1.165, 1.54) is 6.42 Å². The lowest BCUT2D eigenvalue weighted by Gasteiger charge is -2.26. The number of nitrogens with one attached hydrogen (secondary N) is 1. The minimum atomic E-state index is -0.253. The molecule has 3 heterocycles. The monoisotopic (exact) mass is 440 g/mol. The van der Waals surface area contributed by atoms with Crippen LogP contribution in [0.15, 0.2) is 27.8 Å². The van der Waals surface area contributed by atoms with Gasteiger partial charge in [-0.15, -0.1) is 11.3 Å². The van der Waals surface area contributed by atoms with Crippen molar-refractivity contribution in [3.63, 3.8) is 0 Å². The lowest BCUT2D eigenvalue weighted by atomic mass is 10.1. The molecule has 0 bridgehead atoms. The predicted octanol–water partition coefficient (Wildman–Crippen LogP) is 4.88. The van der Waals surface area contributed by atoms with Crippen LogP contribution in [0.3, 0.4) is 0 Å². The molecule has 8 heteroatoms. The van der Waals surface area contributed by atoms with Crippen molar-refractivity contribution < 1.29 is 9.53 Å². The number of carbonyl (C=O) groups is 1. The van der Waals surface area contributed by atoms with Crippen molar-refractivity contribution in [1.29, 1.82) is 0 Å². The van der Waals surface area contributed by atoms with Gasteiger partial charge < -0.3 is 9.64 Å². The Kier molecular flexibility index (Phi) is 12.2. The summed E-state index contributed by atoms with van der Waals surface area (Å²) in [5.41, 5.74) is 1.70. The van der Waals surface area contributed by atoms with Crippen LogP contribution in [-0.4, -0.2) is 52.7 Å². The van der Waals surface area contributed by atoms with Gasteiger partial charge in [0.05, 0.1) is 18.7 Å². The number of rotatable bonds is 6. The molecular formula is C21H36N4O2S2. The molecule has 1 saturated heterocycles. The smallest absolute Gasteiger partial charge is 0.337 e. The maximum atomic E-state index is 12.3. The van der Waals surface area contributed by atoms with Crippen LogP contribution in [0.5, 0.6) is 0 Å². The van der Waals surface area contributed by atoms with Gasteiger partial charge in [-0.05, 0) is 6.92 Å². The third kappa shape index (κ3) is 7.42. The van der Waals surface area contributed by atoms with Crippen LogP contribution in [0.1, 0.15) is 66.3 Å². The fourth-order valence-electron chi connectivity index (χ4n) is 2.80. The van der Waals surface area contributed by atoms with E-state index in [0.29, 0.717) is 24.0 Å². The number of fused-ring (bicyclic) bond motifs is 1. The summed E-state index contributed by atoms with van der Waals surface area (Å²) in [5.74, 6) is 0.614. The average molecular weight is 441 g/mol. The molecule has 0 spiro atoms. The fourth-order valence-corrected chi connectivity index (χ4v) is 4.07. The van der Waals surface area contributed by atoms with Crippen molar-refractivity contribution in [2.45, 2.75) is 72.6 Å². The molecule has 2 aliphatic heterocycles. The zero-order valence-corrected chi connectivity index (χ0v) is 20.5. The Bertz CT molecular complexity index is 672. The molecule has 6 nitrogen and oxygen atoms in total. The van der Waals surface area contributed by atoms with Crippen LogP contribution in [0, 0.1) is 0 Å². The number of aromatic nitrogens is 1. The number of esters is 1. The van der Waals surface area contributed by atoms with Crippen molar-refractivity contribution >= 4 is 35.1 Å². The molecule has 1 unspecified atom stereocenters. The third-order valence-electron chi connectivity index (χ3n) is 3.78. The number of hydrogen-bond acceptors (Lipinski definition) is 8. The Morgan fingerprint density at radius 1 is 1.38 bits per heavy atom.